The standard InChI is InChI=1S/C28H36F2O/c1-3-4-5-8-21-11-13-22(14-12-21)9-6-7-10-23-15-17-24(18-16-23)25-19-20-26(31-2)28(30)27(25)29/h7,10-14,19-20,23-24H,3-6,8-9,15-18H2,1-2H3. The molecule has 0 saturated heterocycles. The van der Waals surface area contributed by atoms with Gasteiger partial charge in [0.1, 0.15) is 0 Å². The van der Waals surface area contributed by atoms with Gasteiger partial charge in [-0.05, 0) is 86.0 Å². The summed E-state index contributed by atoms with van der Waals surface area (Å²) in [6.07, 6.45) is 15.6. The number of halogens is 2. The van der Waals surface area contributed by atoms with E-state index in [4.69, 9.17) is 4.74 Å². The summed E-state index contributed by atoms with van der Waals surface area (Å²) in [5.74, 6) is -0.987. The van der Waals surface area contributed by atoms with Crippen LogP contribution in [-0.2, 0) is 12.8 Å². The van der Waals surface area contributed by atoms with Crippen molar-refractivity contribution in [1.29, 1.82) is 0 Å². The number of unbranched alkanes of at least 4 members (excludes halogenated alkanes) is 2. The van der Waals surface area contributed by atoms with Crippen molar-refractivity contribution in [3.8, 4) is 5.75 Å². The number of allylic oxidation sites excluding steroid dienone is 2. The van der Waals surface area contributed by atoms with E-state index < -0.39 is 11.6 Å². The predicted molar refractivity (Wildman–Crippen MR) is 125 cm³/mol. The van der Waals surface area contributed by atoms with E-state index in [9.17, 15) is 8.78 Å². The second-order valence-electron chi connectivity index (χ2n) is 8.84. The van der Waals surface area contributed by atoms with Crippen LogP contribution in [0.15, 0.2) is 48.6 Å². The number of benzene rings is 2. The number of rotatable bonds is 10. The van der Waals surface area contributed by atoms with Crippen LogP contribution in [0, 0.1) is 17.6 Å². The van der Waals surface area contributed by atoms with Crippen LogP contribution < -0.4 is 4.74 Å². The molecule has 1 aliphatic rings. The monoisotopic (exact) mass is 426 g/mol. The highest BCUT2D eigenvalue weighted by Gasteiger charge is 2.25. The summed E-state index contributed by atoms with van der Waals surface area (Å²) in [5, 5.41) is 0. The molecule has 1 fully saturated rings. The molecule has 0 spiro atoms. The molecular weight excluding hydrogens is 390 g/mol. The van der Waals surface area contributed by atoms with Gasteiger partial charge in [-0.25, -0.2) is 4.39 Å². The van der Waals surface area contributed by atoms with Crippen LogP contribution >= 0.6 is 0 Å². The van der Waals surface area contributed by atoms with Gasteiger partial charge in [-0.15, -0.1) is 0 Å². The Bertz CT molecular complexity index is 833. The van der Waals surface area contributed by atoms with E-state index >= 15 is 0 Å². The lowest BCUT2D eigenvalue weighted by atomic mass is 9.78. The maximum atomic E-state index is 14.4. The fourth-order valence-corrected chi connectivity index (χ4v) is 4.63. The van der Waals surface area contributed by atoms with Crippen LogP contribution in [0.2, 0.25) is 0 Å². The summed E-state index contributed by atoms with van der Waals surface area (Å²) in [7, 11) is 1.36. The molecule has 2 aromatic rings. The lowest BCUT2D eigenvalue weighted by Gasteiger charge is -2.27. The van der Waals surface area contributed by atoms with E-state index in [0.717, 1.165) is 38.5 Å². The van der Waals surface area contributed by atoms with Crippen LogP contribution in [0.4, 0.5) is 8.78 Å². The average molecular weight is 427 g/mol. The second kappa shape index (κ2) is 12.0. The Morgan fingerprint density at radius 3 is 2.19 bits per heavy atom. The smallest absolute Gasteiger partial charge is 0.200 e. The second-order valence-corrected chi connectivity index (χ2v) is 8.84. The molecule has 0 radical (unpaired) electrons. The Kier molecular flexibility index (Phi) is 9.12. The van der Waals surface area contributed by atoms with Gasteiger partial charge in [-0.1, -0.05) is 62.2 Å². The van der Waals surface area contributed by atoms with E-state index in [1.807, 2.05) is 0 Å². The van der Waals surface area contributed by atoms with Gasteiger partial charge in [0, 0.05) is 0 Å². The molecule has 1 nitrogen and oxygen atoms in total. The molecule has 0 bridgehead atoms. The van der Waals surface area contributed by atoms with Crippen molar-refractivity contribution in [3.63, 3.8) is 0 Å². The zero-order valence-corrected chi connectivity index (χ0v) is 19.0. The van der Waals surface area contributed by atoms with Gasteiger partial charge in [0.2, 0.25) is 5.82 Å². The Hall–Kier alpha value is -2.16. The summed E-state index contributed by atoms with van der Waals surface area (Å²) in [6, 6.07) is 12.3. The first-order valence-electron chi connectivity index (χ1n) is 11.9. The number of ether oxygens (including phenoxy) is 1. The maximum Gasteiger partial charge on any atom is 0.200 e. The van der Waals surface area contributed by atoms with Crippen molar-refractivity contribution in [2.75, 3.05) is 7.11 Å². The number of aryl methyl sites for hydroxylation is 2. The first-order valence-corrected chi connectivity index (χ1v) is 11.9. The van der Waals surface area contributed by atoms with Crippen LogP contribution in [0.3, 0.4) is 0 Å². The first kappa shape index (κ1) is 23.5. The molecule has 0 N–H and O–H groups in total. The fourth-order valence-electron chi connectivity index (χ4n) is 4.63. The van der Waals surface area contributed by atoms with Crippen molar-refractivity contribution in [2.24, 2.45) is 5.92 Å². The summed E-state index contributed by atoms with van der Waals surface area (Å²) in [6.45, 7) is 2.24. The summed E-state index contributed by atoms with van der Waals surface area (Å²) in [5.41, 5.74) is 3.33. The largest absolute Gasteiger partial charge is 0.494 e. The normalized spacial score (nSPS) is 19.1. The molecule has 3 rings (SSSR count). The molecule has 0 atom stereocenters. The molecule has 0 amide bonds. The van der Waals surface area contributed by atoms with E-state index in [1.54, 1.807) is 6.07 Å². The first-order chi connectivity index (χ1) is 15.1. The third-order valence-corrected chi connectivity index (χ3v) is 6.61. The Morgan fingerprint density at radius 1 is 0.871 bits per heavy atom. The zero-order valence-electron chi connectivity index (χ0n) is 19.0. The minimum absolute atomic E-state index is 0.0241. The topological polar surface area (TPSA) is 9.23 Å². The molecule has 0 aliphatic heterocycles. The predicted octanol–water partition coefficient (Wildman–Crippen LogP) is 8.17. The van der Waals surface area contributed by atoms with Crippen molar-refractivity contribution in [1.82, 2.24) is 0 Å². The molecular formula is C28H36F2O. The van der Waals surface area contributed by atoms with Crippen molar-refractivity contribution >= 4 is 0 Å². The fraction of sp³-hybridized carbons (Fsp3) is 0.500. The molecule has 1 aliphatic carbocycles. The lowest BCUT2D eigenvalue weighted by molar-refractivity contribution is 0.349. The highest BCUT2D eigenvalue weighted by Crippen LogP contribution is 2.39. The Morgan fingerprint density at radius 2 is 1.55 bits per heavy atom. The van der Waals surface area contributed by atoms with Gasteiger partial charge >= 0.3 is 0 Å². The summed E-state index contributed by atoms with van der Waals surface area (Å²) in [4.78, 5) is 0. The van der Waals surface area contributed by atoms with Gasteiger partial charge in [0.15, 0.2) is 11.6 Å². The van der Waals surface area contributed by atoms with Gasteiger partial charge in [-0.3, -0.25) is 0 Å². The molecule has 0 heterocycles. The van der Waals surface area contributed by atoms with Crippen LogP contribution in [0.1, 0.15) is 80.9 Å². The van der Waals surface area contributed by atoms with Crippen LogP contribution in [0.25, 0.3) is 0 Å². The highest BCUT2D eigenvalue weighted by molar-refractivity contribution is 5.33. The quantitative estimate of drug-likeness (QED) is 0.275. The van der Waals surface area contributed by atoms with E-state index in [2.05, 4.69) is 43.3 Å². The lowest BCUT2D eigenvalue weighted by Crippen LogP contribution is -2.13. The molecule has 3 heteroatoms. The Labute approximate surface area is 186 Å². The number of hydrogen-bond acceptors (Lipinski definition) is 1. The SMILES string of the molecule is CCCCCc1ccc(CCC=CC2CCC(c3ccc(OC)c(F)c3F)CC2)cc1. The molecule has 168 valence electrons. The molecule has 0 aromatic heterocycles. The summed E-state index contributed by atoms with van der Waals surface area (Å²) >= 11 is 0. The Balaban J connectivity index is 1.41. The minimum Gasteiger partial charge on any atom is -0.494 e. The zero-order chi connectivity index (χ0) is 22.1. The molecule has 1 saturated carbocycles. The molecule has 31 heavy (non-hydrogen) atoms. The van der Waals surface area contributed by atoms with Crippen molar-refractivity contribution in [2.45, 2.75) is 77.0 Å². The van der Waals surface area contributed by atoms with Crippen LogP contribution in [-0.4, -0.2) is 7.11 Å². The minimum atomic E-state index is -0.865. The van der Waals surface area contributed by atoms with E-state index in [-0.39, 0.29) is 11.7 Å². The van der Waals surface area contributed by atoms with Gasteiger partial charge in [0.25, 0.3) is 0 Å². The summed E-state index contributed by atoms with van der Waals surface area (Å²) < 4.78 is 33.3. The van der Waals surface area contributed by atoms with Gasteiger partial charge in [0.05, 0.1) is 7.11 Å². The highest BCUT2D eigenvalue weighted by atomic mass is 19.2. The average Bonchev–Trinajstić information content (AvgIpc) is 2.80. The maximum absolute atomic E-state index is 14.4. The molecule has 2 aromatic carbocycles. The van der Waals surface area contributed by atoms with Crippen molar-refractivity contribution < 1.29 is 13.5 Å². The third kappa shape index (κ3) is 6.66. The van der Waals surface area contributed by atoms with E-state index in [0.29, 0.717) is 11.5 Å². The van der Waals surface area contributed by atoms with Gasteiger partial charge < -0.3 is 4.74 Å². The molecule has 0 unspecified atom stereocenters. The van der Waals surface area contributed by atoms with Crippen molar-refractivity contribution in [3.05, 3.63) is 76.9 Å². The number of hydrogen-bond donors (Lipinski definition) is 0. The number of methoxy groups -OCH3 is 1. The van der Waals surface area contributed by atoms with E-state index in [1.165, 1.54) is 50.0 Å². The van der Waals surface area contributed by atoms with Gasteiger partial charge in [-0.2, -0.15) is 4.39 Å². The van der Waals surface area contributed by atoms with Crippen LogP contribution in [0.5, 0.6) is 5.75 Å². The third-order valence-electron chi connectivity index (χ3n) is 6.61.